The quantitative estimate of drug-likeness (QED) is 0.159. The molecular weight excluding hydrogens is 548 g/mol. The first kappa shape index (κ1) is 25.1. The number of furan rings is 1. The molecule has 1 aliphatic heterocycles. The molecule has 1 aliphatic rings. The van der Waals surface area contributed by atoms with E-state index in [0.717, 1.165) is 5.56 Å². The van der Waals surface area contributed by atoms with E-state index in [1.165, 1.54) is 17.2 Å². The molecule has 2 heterocycles. The third-order valence-electron chi connectivity index (χ3n) is 6.15. The molecule has 8 heteroatoms. The van der Waals surface area contributed by atoms with Gasteiger partial charge in [0.15, 0.2) is 5.78 Å². The smallest absolute Gasteiger partial charge is 0.261 e. The normalized spacial score (nSPS) is 12.7. The van der Waals surface area contributed by atoms with Crippen molar-refractivity contribution in [1.29, 1.82) is 0 Å². The lowest BCUT2D eigenvalue weighted by Gasteiger charge is -2.14. The summed E-state index contributed by atoms with van der Waals surface area (Å²) in [4.78, 5) is 51.9. The average molecular weight is 569 g/mol. The minimum atomic E-state index is -0.337. The molecule has 38 heavy (non-hydrogen) atoms. The van der Waals surface area contributed by atoms with E-state index in [-0.39, 0.29) is 30.0 Å². The van der Waals surface area contributed by atoms with Gasteiger partial charge in [0.25, 0.3) is 17.7 Å². The summed E-state index contributed by atoms with van der Waals surface area (Å²) in [6.07, 6.45) is 4.96. The first-order valence-electron chi connectivity index (χ1n) is 11.8. The zero-order valence-corrected chi connectivity index (χ0v) is 21.6. The van der Waals surface area contributed by atoms with Gasteiger partial charge in [0, 0.05) is 22.3 Å². The molecule has 0 unspecified atom stereocenters. The van der Waals surface area contributed by atoms with Crippen LogP contribution in [0.15, 0.2) is 100 Å². The number of halogens is 1. The first-order chi connectivity index (χ1) is 18.4. The molecule has 7 nitrogen and oxygen atoms in total. The molecule has 0 fully saturated rings. The Bertz CT molecular complexity index is 1540. The summed E-state index contributed by atoms with van der Waals surface area (Å²) in [7, 11) is 0. The number of anilines is 1. The van der Waals surface area contributed by atoms with Gasteiger partial charge in [-0.3, -0.25) is 24.1 Å². The zero-order valence-electron chi connectivity index (χ0n) is 20.0. The van der Waals surface area contributed by atoms with Crippen LogP contribution in [-0.4, -0.2) is 34.9 Å². The number of nitrogens with zero attached hydrogens (tertiary/aromatic N) is 1. The molecule has 188 valence electrons. The van der Waals surface area contributed by atoms with E-state index in [1.54, 1.807) is 78.9 Å². The second kappa shape index (κ2) is 10.8. The summed E-state index contributed by atoms with van der Waals surface area (Å²) in [5.74, 6) is -0.555. The Kier molecular flexibility index (Phi) is 7.15. The molecule has 3 aromatic carbocycles. The molecule has 0 aliphatic carbocycles. The van der Waals surface area contributed by atoms with Crippen LogP contribution >= 0.6 is 15.9 Å². The zero-order chi connectivity index (χ0) is 26.6. The van der Waals surface area contributed by atoms with Crippen molar-refractivity contribution in [3.05, 3.63) is 129 Å². The highest BCUT2D eigenvalue weighted by Gasteiger charge is 2.34. The number of hydrogen-bond donors (Lipinski definition) is 1. The van der Waals surface area contributed by atoms with E-state index in [4.69, 9.17) is 4.42 Å². The van der Waals surface area contributed by atoms with Crippen molar-refractivity contribution in [2.75, 3.05) is 11.9 Å². The molecule has 0 saturated carbocycles. The van der Waals surface area contributed by atoms with Crippen LogP contribution in [0.4, 0.5) is 5.69 Å². The van der Waals surface area contributed by atoms with Crippen LogP contribution < -0.4 is 5.32 Å². The molecule has 5 rings (SSSR count). The average Bonchev–Trinajstić information content (AvgIpc) is 3.54. The van der Waals surface area contributed by atoms with Gasteiger partial charge in [-0.2, -0.15) is 0 Å². The molecular formula is C30H21BrN2O5. The number of allylic oxidation sites excluding steroid dienone is 1. The highest BCUT2D eigenvalue weighted by atomic mass is 79.9. The molecule has 0 bridgehead atoms. The predicted octanol–water partition coefficient (Wildman–Crippen LogP) is 6.03. The van der Waals surface area contributed by atoms with Gasteiger partial charge >= 0.3 is 0 Å². The van der Waals surface area contributed by atoms with Gasteiger partial charge in [-0.15, -0.1) is 0 Å². The highest BCUT2D eigenvalue weighted by molar-refractivity contribution is 9.10. The maximum Gasteiger partial charge on any atom is 0.261 e. The van der Waals surface area contributed by atoms with Gasteiger partial charge in [0.2, 0.25) is 0 Å². The van der Waals surface area contributed by atoms with E-state index < -0.39 is 0 Å². The van der Waals surface area contributed by atoms with Crippen molar-refractivity contribution in [3.63, 3.8) is 0 Å². The van der Waals surface area contributed by atoms with Crippen molar-refractivity contribution in [2.45, 2.75) is 6.42 Å². The molecule has 3 amide bonds. The van der Waals surface area contributed by atoms with Crippen LogP contribution in [0.5, 0.6) is 0 Å². The van der Waals surface area contributed by atoms with E-state index in [9.17, 15) is 19.2 Å². The SMILES string of the molecule is O=C(/C=C/c1ccco1)c1ccc(NC(=O)c2cc(CCN3C(=O)c4ccccc4C3=O)ccc2Br)cc1. The molecule has 1 aromatic heterocycles. The minimum absolute atomic E-state index is 0.187. The number of fused-ring (bicyclic) bond motifs is 1. The van der Waals surface area contributed by atoms with Gasteiger partial charge in [-0.1, -0.05) is 18.2 Å². The maximum atomic E-state index is 13.0. The fraction of sp³-hybridized carbons (Fsp3) is 0.0667. The monoisotopic (exact) mass is 568 g/mol. The Morgan fingerprint density at radius 3 is 2.26 bits per heavy atom. The topological polar surface area (TPSA) is 96.7 Å². The number of carbonyl (C=O) groups is 4. The lowest BCUT2D eigenvalue weighted by atomic mass is 10.1. The Morgan fingerprint density at radius 1 is 0.895 bits per heavy atom. The number of ketones is 1. The third kappa shape index (κ3) is 5.26. The van der Waals surface area contributed by atoms with Crippen LogP contribution in [0.1, 0.15) is 52.8 Å². The molecule has 0 saturated heterocycles. The van der Waals surface area contributed by atoms with Crippen molar-refractivity contribution in [3.8, 4) is 0 Å². The number of nitrogens with one attached hydrogen (secondary N) is 1. The lowest BCUT2D eigenvalue weighted by molar-refractivity contribution is 0.0655. The Labute approximate surface area is 226 Å². The van der Waals surface area contributed by atoms with E-state index >= 15 is 0 Å². The fourth-order valence-electron chi connectivity index (χ4n) is 4.14. The predicted molar refractivity (Wildman–Crippen MR) is 146 cm³/mol. The van der Waals surface area contributed by atoms with Crippen LogP contribution in [0.25, 0.3) is 6.08 Å². The van der Waals surface area contributed by atoms with E-state index in [0.29, 0.717) is 44.6 Å². The Morgan fingerprint density at radius 2 is 1.61 bits per heavy atom. The van der Waals surface area contributed by atoms with Crippen molar-refractivity contribution in [2.24, 2.45) is 0 Å². The molecule has 0 radical (unpaired) electrons. The second-order valence-corrected chi connectivity index (χ2v) is 9.47. The first-order valence-corrected chi connectivity index (χ1v) is 12.6. The number of carbonyl (C=O) groups excluding carboxylic acids is 4. The number of hydrogen-bond acceptors (Lipinski definition) is 5. The van der Waals surface area contributed by atoms with Crippen molar-refractivity contribution < 1.29 is 23.6 Å². The van der Waals surface area contributed by atoms with Crippen LogP contribution in [0, 0.1) is 0 Å². The second-order valence-electron chi connectivity index (χ2n) is 8.62. The number of benzene rings is 3. The van der Waals surface area contributed by atoms with Gasteiger partial charge in [0.1, 0.15) is 5.76 Å². The maximum absolute atomic E-state index is 13.0. The van der Waals surface area contributed by atoms with Gasteiger partial charge < -0.3 is 9.73 Å². The van der Waals surface area contributed by atoms with Gasteiger partial charge in [0.05, 0.1) is 23.0 Å². The highest BCUT2D eigenvalue weighted by Crippen LogP contribution is 2.24. The van der Waals surface area contributed by atoms with E-state index in [2.05, 4.69) is 21.2 Å². The Hall–Kier alpha value is -4.56. The van der Waals surface area contributed by atoms with Crippen molar-refractivity contribution in [1.82, 2.24) is 4.90 Å². The van der Waals surface area contributed by atoms with E-state index in [1.807, 2.05) is 6.07 Å². The number of imide groups is 1. The molecule has 0 spiro atoms. The molecule has 0 atom stereocenters. The number of rotatable bonds is 8. The molecule has 1 N–H and O–H groups in total. The minimum Gasteiger partial charge on any atom is -0.465 e. The van der Waals surface area contributed by atoms with Crippen LogP contribution in [0.2, 0.25) is 0 Å². The summed E-state index contributed by atoms with van der Waals surface area (Å²) >= 11 is 3.43. The largest absolute Gasteiger partial charge is 0.465 e. The standard InChI is InChI=1S/C30H21BrN2O5/c31-26-13-7-19(15-16-33-29(36)23-5-1-2-6-24(23)30(33)37)18-25(26)28(35)32-21-10-8-20(9-11-21)27(34)14-12-22-4-3-17-38-22/h1-14,17-18H,15-16H2,(H,32,35)/b14-12+. The molecule has 4 aromatic rings. The number of amides is 3. The Balaban J connectivity index is 1.22. The van der Waals surface area contributed by atoms with Crippen LogP contribution in [0.3, 0.4) is 0 Å². The van der Waals surface area contributed by atoms with Gasteiger partial charge in [-0.05, 0) is 101 Å². The third-order valence-corrected chi connectivity index (χ3v) is 6.84. The lowest BCUT2D eigenvalue weighted by Crippen LogP contribution is -2.31. The summed E-state index contributed by atoms with van der Waals surface area (Å²) < 4.78 is 5.79. The summed E-state index contributed by atoms with van der Waals surface area (Å²) in [6, 6.07) is 22.2. The summed E-state index contributed by atoms with van der Waals surface area (Å²) in [5.41, 5.74) is 3.04. The summed E-state index contributed by atoms with van der Waals surface area (Å²) in [5, 5.41) is 2.84. The summed E-state index contributed by atoms with van der Waals surface area (Å²) in [6.45, 7) is 0.207. The van der Waals surface area contributed by atoms with Crippen LogP contribution in [-0.2, 0) is 6.42 Å². The van der Waals surface area contributed by atoms with Crippen molar-refractivity contribution >= 4 is 51.2 Å². The fourth-order valence-corrected chi connectivity index (χ4v) is 4.57. The van der Waals surface area contributed by atoms with Gasteiger partial charge in [-0.25, -0.2) is 0 Å².